The lowest BCUT2D eigenvalue weighted by Crippen LogP contribution is -2.40. The van der Waals surface area contributed by atoms with Gasteiger partial charge in [-0.1, -0.05) is 12.1 Å². The van der Waals surface area contributed by atoms with E-state index in [9.17, 15) is 10.0 Å². The molecule has 0 aliphatic rings. The highest BCUT2D eigenvalue weighted by Crippen LogP contribution is 2.13. The van der Waals surface area contributed by atoms with Crippen LogP contribution in [-0.4, -0.2) is 30.0 Å². The monoisotopic (exact) mass is 246 g/mol. The van der Waals surface area contributed by atoms with E-state index in [1.54, 1.807) is 33.2 Å². The van der Waals surface area contributed by atoms with E-state index in [1.165, 1.54) is 0 Å². The van der Waals surface area contributed by atoms with Crippen LogP contribution in [0.3, 0.4) is 0 Å². The number of hydrogen-bond donors (Lipinski definition) is 0. The Morgan fingerprint density at radius 2 is 2.06 bits per heavy atom. The smallest absolute Gasteiger partial charge is 0.301 e. The topological polar surface area (TPSA) is 56.9 Å². The Labute approximate surface area is 105 Å². The molecule has 0 radical (unpaired) electrons. The molecule has 0 spiro atoms. The average Bonchev–Trinajstić information content (AvgIpc) is 2.35. The first-order chi connectivity index (χ1) is 8.44. The molecule has 0 aliphatic heterocycles. The van der Waals surface area contributed by atoms with Crippen LogP contribution in [-0.2, 0) is 11.3 Å². The van der Waals surface area contributed by atoms with Crippen molar-refractivity contribution >= 4 is 17.4 Å². The van der Waals surface area contributed by atoms with Gasteiger partial charge in [0.2, 0.25) is 11.2 Å². The lowest BCUT2D eigenvalue weighted by atomic mass is 10.2. The Balaban J connectivity index is 2.59. The lowest BCUT2D eigenvalue weighted by Gasteiger charge is -2.21. The van der Waals surface area contributed by atoms with Gasteiger partial charge in [-0.2, -0.15) is 4.73 Å². The number of hydrogen-bond acceptors (Lipinski definition) is 3. The van der Waals surface area contributed by atoms with Gasteiger partial charge in [0.1, 0.15) is 12.1 Å². The summed E-state index contributed by atoms with van der Waals surface area (Å²) in [6.45, 7) is 2.13. The standard InChI is InChI=1S/C13H16N3O2/c1-10-12(8-16(2,3)9-17)14-11-6-4-5-7-13(11)15(10)18/h4-7,9H,8H2,1-3H3/q+1. The molecule has 18 heavy (non-hydrogen) atoms. The molecule has 5 heteroatoms. The van der Waals surface area contributed by atoms with Crippen molar-refractivity contribution in [1.29, 1.82) is 0 Å². The zero-order chi connectivity index (χ0) is 13.3. The number of fused-ring (bicyclic) bond motifs is 1. The maximum Gasteiger partial charge on any atom is 0.301 e. The Bertz CT molecular complexity index is 608. The molecule has 0 aliphatic carbocycles. The van der Waals surface area contributed by atoms with Crippen LogP contribution in [0.25, 0.3) is 11.0 Å². The molecule has 0 unspecified atom stereocenters. The van der Waals surface area contributed by atoms with Crippen LogP contribution in [0, 0.1) is 12.1 Å². The molecular weight excluding hydrogens is 230 g/mol. The fraction of sp³-hybridized carbons (Fsp3) is 0.308. The van der Waals surface area contributed by atoms with Crippen molar-refractivity contribution in [3.63, 3.8) is 0 Å². The third-order valence-electron chi connectivity index (χ3n) is 2.92. The molecule has 1 heterocycles. The summed E-state index contributed by atoms with van der Waals surface area (Å²) in [4.78, 5) is 15.4. The Morgan fingerprint density at radius 1 is 1.39 bits per heavy atom. The van der Waals surface area contributed by atoms with E-state index in [2.05, 4.69) is 4.98 Å². The molecule has 1 amide bonds. The van der Waals surface area contributed by atoms with Crippen molar-refractivity contribution in [3.05, 3.63) is 40.9 Å². The highest BCUT2D eigenvalue weighted by atomic mass is 16.5. The zero-order valence-electron chi connectivity index (χ0n) is 10.8. The molecule has 5 nitrogen and oxygen atoms in total. The van der Waals surface area contributed by atoms with E-state index in [-0.39, 0.29) is 4.48 Å². The summed E-state index contributed by atoms with van der Waals surface area (Å²) in [5, 5.41) is 12.1. The lowest BCUT2D eigenvalue weighted by molar-refractivity contribution is -0.819. The molecule has 0 saturated heterocycles. The van der Waals surface area contributed by atoms with Gasteiger partial charge in [0, 0.05) is 13.0 Å². The quantitative estimate of drug-likeness (QED) is 0.350. The number of aromatic nitrogens is 2. The number of rotatable bonds is 3. The fourth-order valence-corrected chi connectivity index (χ4v) is 1.83. The average molecular weight is 246 g/mol. The molecule has 2 aromatic rings. The third kappa shape index (κ3) is 2.17. The van der Waals surface area contributed by atoms with Crippen molar-refractivity contribution in [3.8, 4) is 0 Å². The maximum atomic E-state index is 12.1. The predicted octanol–water partition coefficient (Wildman–Crippen LogP) is 0.909. The van der Waals surface area contributed by atoms with Gasteiger partial charge in [0.15, 0.2) is 5.69 Å². The number of amides is 1. The summed E-state index contributed by atoms with van der Waals surface area (Å²) in [6.07, 6.45) is 0.839. The fourth-order valence-electron chi connectivity index (χ4n) is 1.83. The van der Waals surface area contributed by atoms with Crippen LogP contribution in [0.15, 0.2) is 24.3 Å². The van der Waals surface area contributed by atoms with Crippen LogP contribution in [0.4, 0.5) is 0 Å². The van der Waals surface area contributed by atoms with Crippen LogP contribution in [0.2, 0.25) is 0 Å². The van der Waals surface area contributed by atoms with E-state index in [1.807, 2.05) is 12.1 Å². The molecule has 0 atom stereocenters. The molecule has 1 aromatic carbocycles. The highest BCUT2D eigenvalue weighted by Gasteiger charge is 2.22. The zero-order valence-corrected chi connectivity index (χ0v) is 10.8. The second kappa shape index (κ2) is 4.34. The van der Waals surface area contributed by atoms with Gasteiger partial charge < -0.3 is 5.21 Å². The second-order valence-electron chi connectivity index (χ2n) is 4.97. The Hall–Kier alpha value is -2.01. The number of carbonyl (C=O) groups excluding carboxylic acids is 1. The van der Waals surface area contributed by atoms with Gasteiger partial charge in [0.05, 0.1) is 14.1 Å². The van der Waals surface area contributed by atoms with Crippen molar-refractivity contribution in [2.24, 2.45) is 0 Å². The SMILES string of the molecule is Cc1c(C[N+](C)(C)C=O)nc2ccccc2[n+]1[O-]. The van der Waals surface area contributed by atoms with Gasteiger partial charge in [-0.25, -0.2) is 9.78 Å². The van der Waals surface area contributed by atoms with E-state index >= 15 is 0 Å². The summed E-state index contributed by atoms with van der Waals surface area (Å²) < 4.78 is 1.02. The summed E-state index contributed by atoms with van der Waals surface area (Å²) in [7, 11) is 3.55. The number of benzene rings is 1. The van der Waals surface area contributed by atoms with Crippen molar-refractivity contribution in [2.45, 2.75) is 13.5 Å². The second-order valence-corrected chi connectivity index (χ2v) is 4.97. The minimum atomic E-state index is 0.145. The van der Waals surface area contributed by atoms with E-state index in [0.717, 1.165) is 11.1 Å². The summed E-state index contributed by atoms with van der Waals surface area (Å²) in [6, 6.07) is 7.19. The molecule has 0 saturated carbocycles. The van der Waals surface area contributed by atoms with Crippen LogP contribution in [0.1, 0.15) is 11.4 Å². The van der Waals surface area contributed by atoms with Gasteiger partial charge in [0.25, 0.3) is 0 Å². The molecule has 0 N–H and O–H groups in total. The molecular formula is C13H16N3O2+. The number of nitrogens with zero attached hydrogens (tertiary/aromatic N) is 3. The first kappa shape index (κ1) is 12.4. The van der Waals surface area contributed by atoms with Crippen LogP contribution < -0.4 is 4.73 Å². The van der Waals surface area contributed by atoms with Gasteiger partial charge >= 0.3 is 6.41 Å². The largest absolute Gasteiger partial charge is 0.618 e. The summed E-state index contributed by atoms with van der Waals surface area (Å²) in [5.74, 6) is 0. The predicted molar refractivity (Wildman–Crippen MR) is 67.3 cm³/mol. The first-order valence-corrected chi connectivity index (χ1v) is 5.71. The minimum absolute atomic E-state index is 0.145. The molecule has 1 aromatic heterocycles. The van der Waals surface area contributed by atoms with Crippen LogP contribution in [0.5, 0.6) is 0 Å². The van der Waals surface area contributed by atoms with E-state index < -0.39 is 0 Å². The molecule has 2 rings (SSSR count). The summed E-state index contributed by atoms with van der Waals surface area (Å²) in [5.41, 5.74) is 2.40. The van der Waals surface area contributed by atoms with Gasteiger partial charge in [-0.15, -0.1) is 0 Å². The Kier molecular flexibility index (Phi) is 3.00. The van der Waals surface area contributed by atoms with Crippen molar-refractivity contribution in [1.82, 2.24) is 4.98 Å². The van der Waals surface area contributed by atoms with E-state index in [0.29, 0.717) is 29.0 Å². The normalized spacial score (nSPS) is 11.7. The maximum absolute atomic E-state index is 12.1. The Morgan fingerprint density at radius 3 is 2.72 bits per heavy atom. The minimum Gasteiger partial charge on any atom is -0.618 e. The molecule has 0 fully saturated rings. The highest BCUT2D eigenvalue weighted by molar-refractivity contribution is 5.70. The van der Waals surface area contributed by atoms with Crippen molar-refractivity contribution < 1.29 is 14.0 Å². The third-order valence-corrected chi connectivity index (χ3v) is 2.92. The first-order valence-electron chi connectivity index (χ1n) is 5.71. The summed E-state index contributed by atoms with van der Waals surface area (Å²) >= 11 is 0. The van der Waals surface area contributed by atoms with Crippen LogP contribution >= 0.6 is 0 Å². The number of carbonyl (C=O) groups is 1. The van der Waals surface area contributed by atoms with Gasteiger partial charge in [-0.05, 0) is 6.07 Å². The number of para-hydroxylation sites is 2. The van der Waals surface area contributed by atoms with Gasteiger partial charge in [-0.3, -0.25) is 4.48 Å². The molecule has 94 valence electrons. The molecule has 0 bridgehead atoms. The van der Waals surface area contributed by atoms with Crippen molar-refractivity contribution in [2.75, 3.05) is 14.1 Å². The number of quaternary nitrogens is 1. The van der Waals surface area contributed by atoms with E-state index in [4.69, 9.17) is 0 Å².